The minimum absolute atomic E-state index is 0.207. The van der Waals surface area contributed by atoms with Gasteiger partial charge in [-0.1, -0.05) is 36.4 Å². The minimum atomic E-state index is -1.26. The largest absolute Gasteiger partial charge is 0.464 e. The number of carbonyl (C=O) groups is 1. The molecule has 0 radical (unpaired) electrons. The Bertz CT molecular complexity index is 950. The van der Waals surface area contributed by atoms with Crippen molar-refractivity contribution >= 4 is 22.6 Å². The summed E-state index contributed by atoms with van der Waals surface area (Å²) in [6, 6.07) is 13.4. The number of carbonyl (C=O) groups excluding carboxylic acids is 1. The summed E-state index contributed by atoms with van der Waals surface area (Å²) in [5, 5.41) is 13.0. The number of rotatable bonds is 5. The van der Waals surface area contributed by atoms with E-state index in [4.69, 9.17) is 4.74 Å². The molecule has 0 saturated carbocycles. The smallest absolute Gasteiger partial charge is 0.381 e. The molecule has 3 aromatic rings. The molecular formula is C18H17N3O4. The van der Waals surface area contributed by atoms with Crippen molar-refractivity contribution in [1.82, 2.24) is 9.55 Å². The molecule has 0 aliphatic carbocycles. The van der Waals surface area contributed by atoms with Gasteiger partial charge in [0.2, 0.25) is 6.33 Å². The first-order valence-corrected chi connectivity index (χ1v) is 7.82. The molecule has 0 bridgehead atoms. The first-order chi connectivity index (χ1) is 12.0. The summed E-state index contributed by atoms with van der Waals surface area (Å²) < 4.78 is 6.66. The summed E-state index contributed by atoms with van der Waals surface area (Å²) in [7, 11) is 0. The lowest BCUT2D eigenvalue weighted by Crippen LogP contribution is -2.41. The number of ether oxygens (including phenoxy) is 1. The molecule has 7 nitrogen and oxygen atoms in total. The van der Waals surface area contributed by atoms with Gasteiger partial charge in [0.05, 0.1) is 6.61 Å². The van der Waals surface area contributed by atoms with Crippen LogP contribution in [0.15, 0.2) is 55.0 Å². The van der Waals surface area contributed by atoms with E-state index in [0.29, 0.717) is 5.56 Å². The summed E-state index contributed by atoms with van der Waals surface area (Å²) in [5.41, 5.74) is -0.599. The average Bonchev–Trinajstić information content (AvgIpc) is 3.11. The van der Waals surface area contributed by atoms with E-state index in [-0.39, 0.29) is 12.4 Å². The lowest BCUT2D eigenvalue weighted by atomic mass is 9.90. The van der Waals surface area contributed by atoms with Gasteiger partial charge in [-0.2, -0.15) is 0 Å². The van der Waals surface area contributed by atoms with E-state index in [1.165, 1.54) is 17.1 Å². The van der Waals surface area contributed by atoms with E-state index in [9.17, 15) is 14.9 Å². The molecule has 7 heteroatoms. The summed E-state index contributed by atoms with van der Waals surface area (Å²) in [5.74, 6) is -0.825. The van der Waals surface area contributed by atoms with Crippen LogP contribution in [-0.2, 0) is 15.1 Å². The lowest BCUT2D eigenvalue weighted by molar-refractivity contribution is -0.389. The number of benzene rings is 2. The van der Waals surface area contributed by atoms with Crippen molar-refractivity contribution in [2.45, 2.75) is 19.4 Å². The molecule has 128 valence electrons. The van der Waals surface area contributed by atoms with Gasteiger partial charge in [0.15, 0.2) is 5.54 Å². The van der Waals surface area contributed by atoms with E-state index in [0.717, 1.165) is 10.8 Å². The number of imidazole rings is 1. The highest BCUT2D eigenvalue weighted by molar-refractivity contribution is 5.88. The van der Waals surface area contributed by atoms with E-state index in [1.54, 1.807) is 13.8 Å². The van der Waals surface area contributed by atoms with E-state index < -0.39 is 16.4 Å². The van der Waals surface area contributed by atoms with Gasteiger partial charge in [-0.15, -0.1) is 0 Å². The second-order valence-corrected chi connectivity index (χ2v) is 5.75. The number of hydrogen-bond acceptors (Lipinski definition) is 5. The van der Waals surface area contributed by atoms with Gasteiger partial charge in [-0.3, -0.25) is 4.57 Å². The van der Waals surface area contributed by atoms with Crippen molar-refractivity contribution in [3.63, 3.8) is 0 Å². The van der Waals surface area contributed by atoms with Crippen LogP contribution in [0.1, 0.15) is 19.4 Å². The molecule has 1 heterocycles. The van der Waals surface area contributed by atoms with Crippen molar-refractivity contribution in [2.75, 3.05) is 6.61 Å². The summed E-state index contributed by atoms with van der Waals surface area (Å²) >= 11 is 0. The molecule has 0 fully saturated rings. The third-order valence-corrected chi connectivity index (χ3v) is 4.26. The van der Waals surface area contributed by atoms with Crippen molar-refractivity contribution < 1.29 is 14.5 Å². The van der Waals surface area contributed by atoms with Gasteiger partial charge in [-0.05, 0) is 46.2 Å². The van der Waals surface area contributed by atoms with Crippen LogP contribution in [0.2, 0.25) is 0 Å². The summed E-state index contributed by atoms with van der Waals surface area (Å²) in [4.78, 5) is 26.9. The van der Waals surface area contributed by atoms with Gasteiger partial charge in [0.1, 0.15) is 6.20 Å². The molecule has 0 N–H and O–H groups in total. The van der Waals surface area contributed by atoms with Gasteiger partial charge in [-0.25, -0.2) is 4.79 Å². The zero-order valence-electron chi connectivity index (χ0n) is 13.9. The molecule has 0 spiro atoms. The van der Waals surface area contributed by atoms with Gasteiger partial charge >= 0.3 is 11.8 Å². The Kier molecular flexibility index (Phi) is 4.22. The van der Waals surface area contributed by atoms with Crippen LogP contribution in [0.4, 0.5) is 5.82 Å². The van der Waals surface area contributed by atoms with Crippen LogP contribution in [0.5, 0.6) is 0 Å². The topological polar surface area (TPSA) is 87.3 Å². The number of hydrogen-bond donors (Lipinski definition) is 0. The van der Waals surface area contributed by atoms with E-state index >= 15 is 0 Å². The Morgan fingerprint density at radius 2 is 2.00 bits per heavy atom. The normalized spacial score (nSPS) is 13.4. The number of fused-ring (bicyclic) bond motifs is 1. The van der Waals surface area contributed by atoms with Crippen LogP contribution in [0, 0.1) is 10.1 Å². The van der Waals surface area contributed by atoms with Crippen molar-refractivity contribution in [3.05, 3.63) is 70.7 Å². The van der Waals surface area contributed by atoms with Gasteiger partial charge in [0, 0.05) is 0 Å². The zero-order valence-corrected chi connectivity index (χ0v) is 13.9. The molecular weight excluding hydrogens is 322 g/mol. The van der Waals surface area contributed by atoms with E-state index in [1.807, 2.05) is 42.5 Å². The molecule has 1 atom stereocenters. The van der Waals surface area contributed by atoms with E-state index in [2.05, 4.69) is 4.98 Å². The molecule has 1 aromatic heterocycles. The molecule has 0 aliphatic rings. The van der Waals surface area contributed by atoms with Crippen molar-refractivity contribution in [3.8, 4) is 0 Å². The quantitative estimate of drug-likeness (QED) is 0.404. The maximum atomic E-state index is 12.7. The maximum absolute atomic E-state index is 12.7. The SMILES string of the molecule is CCOC(=O)C(C)(c1ccc2ccccc2c1)n1cnc([N+](=O)[O-])c1. The second-order valence-electron chi connectivity index (χ2n) is 5.75. The Balaban J connectivity index is 2.18. The van der Waals surface area contributed by atoms with Crippen LogP contribution < -0.4 is 0 Å². The molecule has 1 unspecified atom stereocenters. The Hall–Kier alpha value is -3.22. The highest BCUT2D eigenvalue weighted by Crippen LogP contribution is 2.31. The predicted octanol–water partition coefficient (Wildman–Crippen LogP) is 3.27. The summed E-state index contributed by atoms with van der Waals surface area (Å²) in [6.45, 7) is 3.59. The van der Waals surface area contributed by atoms with Crippen LogP contribution >= 0.6 is 0 Å². The second kappa shape index (κ2) is 6.35. The predicted molar refractivity (Wildman–Crippen MR) is 92.2 cm³/mol. The van der Waals surface area contributed by atoms with Crippen molar-refractivity contribution in [1.29, 1.82) is 0 Å². The summed E-state index contributed by atoms with van der Waals surface area (Å²) in [6.07, 6.45) is 2.52. The fourth-order valence-corrected chi connectivity index (χ4v) is 2.79. The number of esters is 1. The Morgan fingerprint density at radius 3 is 2.64 bits per heavy atom. The number of nitrogens with zero attached hydrogens (tertiary/aromatic N) is 3. The molecule has 0 saturated heterocycles. The maximum Gasteiger partial charge on any atom is 0.381 e. The first-order valence-electron chi connectivity index (χ1n) is 7.82. The molecule has 2 aromatic carbocycles. The van der Waals surface area contributed by atoms with Crippen LogP contribution in [0.25, 0.3) is 10.8 Å². The molecule has 25 heavy (non-hydrogen) atoms. The lowest BCUT2D eigenvalue weighted by Gasteiger charge is -2.28. The van der Waals surface area contributed by atoms with Crippen LogP contribution in [0.3, 0.4) is 0 Å². The average molecular weight is 339 g/mol. The molecule has 3 rings (SSSR count). The first kappa shape index (κ1) is 16.6. The monoisotopic (exact) mass is 339 g/mol. The number of nitro groups is 1. The van der Waals surface area contributed by atoms with Gasteiger partial charge < -0.3 is 14.9 Å². The fraction of sp³-hybridized carbons (Fsp3) is 0.222. The highest BCUT2D eigenvalue weighted by atomic mass is 16.6. The fourth-order valence-electron chi connectivity index (χ4n) is 2.79. The van der Waals surface area contributed by atoms with Gasteiger partial charge in [0.25, 0.3) is 0 Å². The van der Waals surface area contributed by atoms with Crippen molar-refractivity contribution in [2.24, 2.45) is 0 Å². The minimum Gasteiger partial charge on any atom is -0.464 e. The Labute approximate surface area is 144 Å². The third kappa shape index (κ3) is 2.84. The Morgan fingerprint density at radius 1 is 1.28 bits per heavy atom. The highest BCUT2D eigenvalue weighted by Gasteiger charge is 2.40. The molecule has 0 amide bonds. The standard InChI is InChI=1S/C18H17N3O4/c1-3-25-17(22)18(2,20-11-16(19-12-20)21(23)24)15-9-8-13-6-4-5-7-14(13)10-15/h4-12H,3H2,1-2H3. The molecule has 0 aliphatic heterocycles. The zero-order chi connectivity index (χ0) is 18.0. The number of aromatic nitrogens is 2. The van der Waals surface area contributed by atoms with Crippen LogP contribution in [-0.4, -0.2) is 27.1 Å². The third-order valence-electron chi connectivity index (χ3n) is 4.26.